The molecule has 4 nitrogen and oxygen atoms in total. The zero-order valence-corrected chi connectivity index (χ0v) is 9.39. The van der Waals surface area contributed by atoms with Crippen LogP contribution in [0.4, 0.5) is 0 Å². The molecule has 0 aromatic heterocycles. The summed E-state index contributed by atoms with van der Waals surface area (Å²) in [5.74, 6) is -0.491. The summed E-state index contributed by atoms with van der Waals surface area (Å²) in [6, 6.07) is 9.39. The highest BCUT2D eigenvalue weighted by Gasteiger charge is 2.18. The van der Waals surface area contributed by atoms with Crippen molar-refractivity contribution in [3.8, 4) is 0 Å². The maximum atomic E-state index is 11.8. The monoisotopic (exact) mass is 222 g/mol. The Balaban J connectivity index is 2.64. The molecule has 0 saturated carbocycles. The van der Waals surface area contributed by atoms with E-state index in [2.05, 4.69) is 5.32 Å². The number of nitrogens with one attached hydrogen (secondary N) is 1. The number of rotatable bonds is 5. The molecule has 2 atom stereocenters. The Bertz CT molecular complexity index is 325. The second-order valence-corrected chi connectivity index (χ2v) is 3.79. The van der Waals surface area contributed by atoms with Crippen molar-refractivity contribution in [1.29, 1.82) is 0 Å². The van der Waals surface area contributed by atoms with E-state index in [0.717, 1.165) is 5.56 Å². The fourth-order valence-electron chi connectivity index (χ4n) is 1.45. The van der Waals surface area contributed by atoms with Gasteiger partial charge in [0.1, 0.15) is 0 Å². The number of carbonyl (C=O) groups excluding carboxylic acids is 1. The van der Waals surface area contributed by atoms with Crippen molar-refractivity contribution < 1.29 is 9.90 Å². The van der Waals surface area contributed by atoms with Crippen molar-refractivity contribution in [2.45, 2.75) is 18.9 Å². The highest BCUT2D eigenvalue weighted by Crippen LogP contribution is 2.13. The quantitative estimate of drug-likeness (QED) is 0.667. The predicted molar refractivity (Wildman–Crippen MR) is 62.9 cm³/mol. The van der Waals surface area contributed by atoms with Crippen LogP contribution in [0.3, 0.4) is 0 Å². The molecule has 0 saturated heterocycles. The van der Waals surface area contributed by atoms with Crippen molar-refractivity contribution in [3.05, 3.63) is 35.9 Å². The molecule has 4 N–H and O–H groups in total. The van der Waals surface area contributed by atoms with Gasteiger partial charge in [0.2, 0.25) is 5.91 Å². The van der Waals surface area contributed by atoms with Gasteiger partial charge in [-0.15, -0.1) is 0 Å². The Morgan fingerprint density at radius 2 is 2.06 bits per heavy atom. The van der Waals surface area contributed by atoms with E-state index in [1.165, 1.54) is 0 Å². The van der Waals surface area contributed by atoms with Crippen LogP contribution in [0.15, 0.2) is 30.3 Å². The van der Waals surface area contributed by atoms with E-state index in [1.54, 1.807) is 6.92 Å². The van der Waals surface area contributed by atoms with Gasteiger partial charge >= 0.3 is 0 Å². The molecule has 1 unspecified atom stereocenters. The van der Waals surface area contributed by atoms with Gasteiger partial charge in [-0.1, -0.05) is 30.3 Å². The summed E-state index contributed by atoms with van der Waals surface area (Å²) in [6.07, 6.45) is -0.543. The molecule has 1 rings (SSSR count). The molecule has 16 heavy (non-hydrogen) atoms. The summed E-state index contributed by atoms with van der Waals surface area (Å²) in [7, 11) is 0. The van der Waals surface area contributed by atoms with Gasteiger partial charge in [0.25, 0.3) is 0 Å². The molecule has 0 aliphatic heterocycles. The first-order valence-electron chi connectivity index (χ1n) is 5.36. The van der Waals surface area contributed by atoms with Gasteiger partial charge < -0.3 is 16.2 Å². The SMILES string of the molecule is C[C@H](O)CNC(=O)C(CN)c1ccccc1. The number of amides is 1. The highest BCUT2D eigenvalue weighted by atomic mass is 16.3. The van der Waals surface area contributed by atoms with E-state index in [-0.39, 0.29) is 24.9 Å². The summed E-state index contributed by atoms with van der Waals surface area (Å²) in [6.45, 7) is 2.14. The smallest absolute Gasteiger partial charge is 0.228 e. The Morgan fingerprint density at radius 3 is 2.56 bits per heavy atom. The molecule has 0 spiro atoms. The fraction of sp³-hybridized carbons (Fsp3) is 0.417. The molecule has 1 aromatic rings. The summed E-state index contributed by atoms with van der Waals surface area (Å²) < 4.78 is 0. The van der Waals surface area contributed by atoms with Crippen LogP contribution in [0.2, 0.25) is 0 Å². The van der Waals surface area contributed by atoms with E-state index in [0.29, 0.717) is 0 Å². The molecule has 0 bridgehead atoms. The fourth-order valence-corrected chi connectivity index (χ4v) is 1.45. The van der Waals surface area contributed by atoms with Crippen LogP contribution in [0.25, 0.3) is 0 Å². The largest absolute Gasteiger partial charge is 0.392 e. The molecule has 0 aliphatic rings. The van der Waals surface area contributed by atoms with Gasteiger partial charge in [-0.2, -0.15) is 0 Å². The highest BCUT2D eigenvalue weighted by molar-refractivity contribution is 5.83. The molecule has 0 aliphatic carbocycles. The maximum Gasteiger partial charge on any atom is 0.228 e. The maximum absolute atomic E-state index is 11.8. The standard InChI is InChI=1S/C12H18N2O2/c1-9(15)8-14-12(16)11(7-13)10-5-3-2-4-6-10/h2-6,9,11,15H,7-8,13H2,1H3,(H,14,16)/t9-,11?/m0/s1. The lowest BCUT2D eigenvalue weighted by Crippen LogP contribution is -2.37. The molecule has 1 amide bonds. The van der Waals surface area contributed by atoms with E-state index < -0.39 is 6.10 Å². The Kier molecular flexibility index (Phi) is 4.95. The summed E-state index contributed by atoms with van der Waals surface area (Å²) in [5, 5.41) is 11.7. The summed E-state index contributed by atoms with van der Waals surface area (Å²) >= 11 is 0. The molecule has 0 fully saturated rings. The zero-order valence-electron chi connectivity index (χ0n) is 9.39. The van der Waals surface area contributed by atoms with Crippen LogP contribution in [-0.2, 0) is 4.79 Å². The zero-order chi connectivity index (χ0) is 12.0. The van der Waals surface area contributed by atoms with Gasteiger partial charge in [0, 0.05) is 13.1 Å². The van der Waals surface area contributed by atoms with Crippen LogP contribution in [-0.4, -0.2) is 30.2 Å². The van der Waals surface area contributed by atoms with Crippen LogP contribution in [0.5, 0.6) is 0 Å². The minimum absolute atomic E-state index is 0.144. The Labute approximate surface area is 95.5 Å². The summed E-state index contributed by atoms with van der Waals surface area (Å²) in [5.41, 5.74) is 6.49. The Hall–Kier alpha value is -1.39. The van der Waals surface area contributed by atoms with E-state index in [1.807, 2.05) is 30.3 Å². The first kappa shape index (κ1) is 12.7. The van der Waals surface area contributed by atoms with Gasteiger partial charge in [0.15, 0.2) is 0 Å². The average Bonchev–Trinajstić information content (AvgIpc) is 2.29. The lowest BCUT2D eigenvalue weighted by molar-refractivity contribution is -0.122. The van der Waals surface area contributed by atoms with Crippen molar-refractivity contribution in [2.75, 3.05) is 13.1 Å². The van der Waals surface area contributed by atoms with E-state index in [9.17, 15) is 4.79 Å². The molecule has 88 valence electrons. The molecule has 0 radical (unpaired) electrons. The number of hydrogen-bond acceptors (Lipinski definition) is 3. The Morgan fingerprint density at radius 1 is 1.44 bits per heavy atom. The third-order valence-electron chi connectivity index (χ3n) is 2.33. The van der Waals surface area contributed by atoms with Crippen molar-refractivity contribution in [1.82, 2.24) is 5.32 Å². The predicted octanol–water partition coefficient (Wildman–Crippen LogP) is 0.226. The van der Waals surface area contributed by atoms with Crippen molar-refractivity contribution >= 4 is 5.91 Å². The second-order valence-electron chi connectivity index (χ2n) is 3.79. The minimum atomic E-state index is -0.543. The number of carbonyl (C=O) groups is 1. The van der Waals surface area contributed by atoms with Crippen LogP contribution in [0.1, 0.15) is 18.4 Å². The average molecular weight is 222 g/mol. The third-order valence-corrected chi connectivity index (χ3v) is 2.33. The molecule has 4 heteroatoms. The first-order valence-corrected chi connectivity index (χ1v) is 5.36. The third kappa shape index (κ3) is 3.64. The number of hydrogen-bond donors (Lipinski definition) is 3. The number of aliphatic hydroxyl groups is 1. The van der Waals surface area contributed by atoms with Crippen LogP contribution < -0.4 is 11.1 Å². The van der Waals surface area contributed by atoms with Crippen molar-refractivity contribution in [3.63, 3.8) is 0 Å². The van der Waals surface area contributed by atoms with Gasteiger partial charge in [-0.25, -0.2) is 0 Å². The van der Waals surface area contributed by atoms with Gasteiger partial charge in [-0.3, -0.25) is 4.79 Å². The van der Waals surface area contributed by atoms with E-state index in [4.69, 9.17) is 10.8 Å². The number of aliphatic hydroxyl groups excluding tert-OH is 1. The van der Waals surface area contributed by atoms with Crippen molar-refractivity contribution in [2.24, 2.45) is 5.73 Å². The molecular weight excluding hydrogens is 204 g/mol. The van der Waals surface area contributed by atoms with Gasteiger partial charge in [-0.05, 0) is 12.5 Å². The second kappa shape index (κ2) is 6.25. The minimum Gasteiger partial charge on any atom is -0.392 e. The molecule has 0 heterocycles. The lowest BCUT2D eigenvalue weighted by Gasteiger charge is -2.15. The topological polar surface area (TPSA) is 75.3 Å². The normalized spacial score (nSPS) is 14.2. The molecule has 1 aromatic carbocycles. The number of nitrogens with two attached hydrogens (primary N) is 1. The van der Waals surface area contributed by atoms with Crippen LogP contribution >= 0.6 is 0 Å². The summed E-state index contributed by atoms with van der Waals surface area (Å²) in [4.78, 5) is 11.8. The number of benzene rings is 1. The lowest BCUT2D eigenvalue weighted by atomic mass is 9.98. The first-order chi connectivity index (χ1) is 7.65. The van der Waals surface area contributed by atoms with Gasteiger partial charge in [0.05, 0.1) is 12.0 Å². The molecular formula is C12H18N2O2. The van der Waals surface area contributed by atoms with E-state index >= 15 is 0 Å². The van der Waals surface area contributed by atoms with Crippen LogP contribution in [0, 0.1) is 0 Å².